The SMILES string of the molecule is C#C[C@@]1(O)[C@H](O)[C@@H](CO)O[C@H]1n1cnc2c(NC(c3ccccc3)(c3ccccc3)c3ccc(OC)cc3)nc(F)nc21. The van der Waals surface area contributed by atoms with Crippen molar-refractivity contribution in [3.63, 3.8) is 0 Å². The van der Waals surface area contributed by atoms with Crippen molar-refractivity contribution in [3.05, 3.63) is 114 Å². The van der Waals surface area contributed by atoms with Crippen LogP contribution in [0.25, 0.3) is 11.2 Å². The van der Waals surface area contributed by atoms with Crippen LogP contribution in [0, 0.1) is 18.4 Å². The van der Waals surface area contributed by atoms with Gasteiger partial charge < -0.3 is 30.1 Å². The average molecular weight is 582 g/mol. The molecule has 0 unspecified atom stereocenters. The average Bonchev–Trinajstić information content (AvgIpc) is 3.58. The number of terminal acetylenes is 1. The van der Waals surface area contributed by atoms with Gasteiger partial charge in [-0.3, -0.25) is 4.57 Å². The van der Waals surface area contributed by atoms with Gasteiger partial charge in [0.05, 0.1) is 20.0 Å². The quantitative estimate of drug-likeness (QED) is 0.124. The van der Waals surface area contributed by atoms with E-state index in [1.165, 1.54) is 10.9 Å². The van der Waals surface area contributed by atoms with Gasteiger partial charge in [0.15, 0.2) is 28.8 Å². The highest BCUT2D eigenvalue weighted by atomic mass is 19.1. The van der Waals surface area contributed by atoms with E-state index in [4.69, 9.17) is 15.9 Å². The van der Waals surface area contributed by atoms with Crippen LogP contribution in [-0.4, -0.2) is 66.4 Å². The first kappa shape index (κ1) is 28.3. The zero-order chi connectivity index (χ0) is 30.2. The highest BCUT2D eigenvalue weighted by Gasteiger charge is 2.56. The van der Waals surface area contributed by atoms with E-state index in [0.717, 1.165) is 16.7 Å². The molecule has 4 N–H and O–H groups in total. The van der Waals surface area contributed by atoms with Crippen molar-refractivity contribution in [2.75, 3.05) is 19.0 Å². The first-order valence-electron chi connectivity index (χ1n) is 13.4. The number of anilines is 1. The number of ether oxygens (including phenoxy) is 2. The Kier molecular flexibility index (Phi) is 7.29. The minimum absolute atomic E-state index is 0.0475. The molecule has 1 aliphatic rings. The third-order valence-electron chi connectivity index (χ3n) is 7.78. The normalized spacial score (nSPS) is 21.9. The number of halogens is 1. The van der Waals surface area contributed by atoms with Gasteiger partial charge >= 0.3 is 6.08 Å². The van der Waals surface area contributed by atoms with Crippen LogP contribution in [0.2, 0.25) is 0 Å². The first-order valence-corrected chi connectivity index (χ1v) is 13.4. The lowest BCUT2D eigenvalue weighted by Gasteiger charge is -2.37. The predicted molar refractivity (Wildman–Crippen MR) is 155 cm³/mol. The number of hydrogen-bond donors (Lipinski definition) is 4. The zero-order valence-electron chi connectivity index (χ0n) is 23.0. The lowest BCUT2D eigenvalue weighted by Crippen LogP contribution is -2.45. The number of hydrogen-bond acceptors (Lipinski definition) is 9. The van der Waals surface area contributed by atoms with Gasteiger partial charge in [0.1, 0.15) is 23.5 Å². The van der Waals surface area contributed by atoms with Crippen LogP contribution in [0.3, 0.4) is 0 Å². The number of methoxy groups -OCH3 is 1. The number of nitrogens with one attached hydrogen (secondary N) is 1. The number of aromatic nitrogens is 4. The summed E-state index contributed by atoms with van der Waals surface area (Å²) in [6, 6.07) is 26.7. The number of imidazole rings is 1. The Hall–Kier alpha value is -4.86. The third kappa shape index (κ3) is 4.57. The standard InChI is InChI=1S/C32H28FN5O5/c1-3-31(41)26(40)24(18-39)43-29(31)38-19-34-25-27(35-30(33)36-28(25)38)37-32(20-10-6-4-7-11-20,21-12-8-5-9-13-21)22-14-16-23(42-2)17-15-22/h1,4-17,19,24,26,29,39-41H,18H2,2H3,(H,35,36,37)/t24-,26-,29-,31-/m1/s1. The summed E-state index contributed by atoms with van der Waals surface area (Å²) in [5.41, 5.74) is -0.807. The molecule has 1 aliphatic heterocycles. The maximum Gasteiger partial charge on any atom is 0.312 e. The molecular weight excluding hydrogens is 553 g/mol. The Balaban J connectivity index is 1.57. The fraction of sp³-hybridized carbons (Fsp3) is 0.219. The maximum absolute atomic E-state index is 15.3. The minimum atomic E-state index is -2.25. The van der Waals surface area contributed by atoms with Gasteiger partial charge in [0.25, 0.3) is 0 Å². The predicted octanol–water partition coefficient (Wildman–Crippen LogP) is 2.99. The summed E-state index contributed by atoms with van der Waals surface area (Å²) in [6.07, 6.45) is 1.55. The van der Waals surface area contributed by atoms with E-state index in [-0.39, 0.29) is 17.0 Å². The van der Waals surface area contributed by atoms with Crippen molar-refractivity contribution in [1.82, 2.24) is 19.5 Å². The van der Waals surface area contributed by atoms with Crippen LogP contribution in [0.4, 0.5) is 10.2 Å². The molecule has 0 saturated carbocycles. The molecule has 1 fully saturated rings. The molecule has 6 rings (SSSR count). The van der Waals surface area contributed by atoms with E-state index in [9.17, 15) is 15.3 Å². The topological polar surface area (TPSA) is 135 Å². The molecule has 43 heavy (non-hydrogen) atoms. The van der Waals surface area contributed by atoms with Crippen LogP contribution in [0.5, 0.6) is 5.75 Å². The molecule has 0 radical (unpaired) electrons. The fourth-order valence-electron chi connectivity index (χ4n) is 5.61. The number of aliphatic hydroxyl groups is 3. The van der Waals surface area contributed by atoms with Crippen LogP contribution in [0.1, 0.15) is 22.9 Å². The molecule has 218 valence electrons. The van der Waals surface area contributed by atoms with E-state index in [2.05, 4.69) is 26.2 Å². The maximum atomic E-state index is 15.3. The largest absolute Gasteiger partial charge is 0.497 e. The van der Waals surface area contributed by atoms with E-state index < -0.39 is 42.3 Å². The number of aliphatic hydroxyl groups excluding tert-OH is 2. The van der Waals surface area contributed by atoms with Gasteiger partial charge in [-0.2, -0.15) is 14.4 Å². The van der Waals surface area contributed by atoms with E-state index >= 15 is 4.39 Å². The summed E-state index contributed by atoms with van der Waals surface area (Å²) >= 11 is 0. The van der Waals surface area contributed by atoms with Crippen LogP contribution in [0.15, 0.2) is 91.3 Å². The molecule has 0 aliphatic carbocycles. The molecule has 4 atom stereocenters. The van der Waals surface area contributed by atoms with Gasteiger partial charge in [-0.1, -0.05) is 78.7 Å². The molecule has 5 aromatic rings. The zero-order valence-corrected chi connectivity index (χ0v) is 23.0. The van der Waals surface area contributed by atoms with Crippen molar-refractivity contribution in [2.45, 2.75) is 29.6 Å². The molecule has 3 aromatic carbocycles. The van der Waals surface area contributed by atoms with Crippen molar-refractivity contribution in [2.24, 2.45) is 0 Å². The Morgan fingerprint density at radius 3 is 2.19 bits per heavy atom. The molecule has 10 nitrogen and oxygen atoms in total. The molecule has 3 heterocycles. The van der Waals surface area contributed by atoms with Gasteiger partial charge in [-0.05, 0) is 28.8 Å². The molecule has 1 saturated heterocycles. The van der Waals surface area contributed by atoms with Crippen molar-refractivity contribution >= 4 is 17.0 Å². The van der Waals surface area contributed by atoms with Gasteiger partial charge in [0, 0.05) is 0 Å². The van der Waals surface area contributed by atoms with Crippen molar-refractivity contribution in [1.29, 1.82) is 0 Å². The summed E-state index contributed by atoms with van der Waals surface area (Å²) in [5, 5.41) is 34.9. The van der Waals surface area contributed by atoms with Crippen LogP contribution < -0.4 is 10.1 Å². The Bertz CT molecular complexity index is 1740. The highest BCUT2D eigenvalue weighted by Crippen LogP contribution is 2.43. The summed E-state index contributed by atoms with van der Waals surface area (Å²) in [5.74, 6) is 2.87. The fourth-order valence-corrected chi connectivity index (χ4v) is 5.61. The lowest BCUT2D eigenvalue weighted by molar-refractivity contribution is -0.0721. The van der Waals surface area contributed by atoms with Crippen LogP contribution >= 0.6 is 0 Å². The first-order chi connectivity index (χ1) is 20.8. The molecule has 0 bridgehead atoms. The van der Waals surface area contributed by atoms with Crippen molar-refractivity contribution in [3.8, 4) is 18.1 Å². The summed E-state index contributed by atoms with van der Waals surface area (Å²) in [4.78, 5) is 12.5. The third-order valence-corrected chi connectivity index (χ3v) is 7.78. The van der Waals surface area contributed by atoms with Gasteiger partial charge in [0.2, 0.25) is 0 Å². The summed E-state index contributed by atoms with van der Waals surface area (Å²) in [6.45, 7) is -0.608. The summed E-state index contributed by atoms with van der Waals surface area (Å²) < 4.78 is 27.6. The Labute approximate surface area is 246 Å². The van der Waals surface area contributed by atoms with E-state index in [0.29, 0.717) is 5.75 Å². The van der Waals surface area contributed by atoms with Gasteiger partial charge in [-0.15, -0.1) is 6.42 Å². The second kappa shape index (κ2) is 11.1. The molecular formula is C32H28FN5O5. The monoisotopic (exact) mass is 581 g/mol. The minimum Gasteiger partial charge on any atom is -0.497 e. The molecule has 11 heteroatoms. The molecule has 0 amide bonds. The Morgan fingerprint density at radius 1 is 1.02 bits per heavy atom. The molecule has 0 spiro atoms. The van der Waals surface area contributed by atoms with Gasteiger partial charge in [-0.25, -0.2) is 4.98 Å². The van der Waals surface area contributed by atoms with E-state index in [1.54, 1.807) is 7.11 Å². The van der Waals surface area contributed by atoms with Crippen LogP contribution in [-0.2, 0) is 10.3 Å². The van der Waals surface area contributed by atoms with E-state index in [1.807, 2.05) is 84.9 Å². The highest BCUT2D eigenvalue weighted by molar-refractivity contribution is 5.84. The smallest absolute Gasteiger partial charge is 0.312 e. The molecule has 2 aromatic heterocycles. The second-order valence-electron chi connectivity index (χ2n) is 10.1. The number of nitrogens with zero attached hydrogens (tertiary/aromatic N) is 4. The number of benzene rings is 3. The lowest BCUT2D eigenvalue weighted by atomic mass is 9.77. The Morgan fingerprint density at radius 2 is 1.63 bits per heavy atom. The number of fused-ring (bicyclic) bond motifs is 1. The number of rotatable bonds is 8. The second-order valence-corrected chi connectivity index (χ2v) is 10.1. The summed E-state index contributed by atoms with van der Waals surface area (Å²) in [7, 11) is 1.59. The van der Waals surface area contributed by atoms with Crippen molar-refractivity contribution < 1.29 is 29.2 Å².